The van der Waals surface area contributed by atoms with Crippen LogP contribution >= 0.6 is 0 Å². The third kappa shape index (κ3) is 2.55. The predicted molar refractivity (Wildman–Crippen MR) is 58.9 cm³/mol. The minimum atomic E-state index is -0.929. The lowest BCUT2D eigenvalue weighted by Gasteiger charge is -2.10. The average Bonchev–Trinajstić information content (AvgIpc) is 2.68. The Morgan fingerprint density at radius 3 is 3.00 bits per heavy atom. The van der Waals surface area contributed by atoms with Crippen molar-refractivity contribution in [3.8, 4) is 0 Å². The minimum Gasteiger partial charge on any atom is -0.309 e. The van der Waals surface area contributed by atoms with E-state index in [1.165, 1.54) is 0 Å². The molecule has 0 spiro atoms. The Hall–Kier alpha value is -1.49. The Morgan fingerprint density at radius 1 is 1.62 bits per heavy atom. The normalized spacial score (nSPS) is 24.4. The molecule has 1 unspecified atom stereocenters. The maximum atomic E-state index is 12.9. The number of hydrogen-bond acceptors (Lipinski definition) is 3. The Labute approximate surface area is 93.3 Å². The number of anilines is 1. The van der Waals surface area contributed by atoms with Gasteiger partial charge in [0.1, 0.15) is 12.0 Å². The number of rotatable bonds is 2. The summed E-state index contributed by atoms with van der Waals surface area (Å²) in [6.07, 6.45) is 0.981. The number of pyridine rings is 1. The molecule has 1 aromatic heterocycles. The highest BCUT2D eigenvalue weighted by Crippen LogP contribution is 2.12. The highest BCUT2D eigenvalue weighted by Gasteiger charge is 2.29. The molecule has 2 atom stereocenters. The number of aryl methyl sites for hydroxylation is 1. The zero-order valence-corrected chi connectivity index (χ0v) is 9.03. The van der Waals surface area contributed by atoms with Crippen molar-refractivity contribution in [1.29, 1.82) is 0 Å². The summed E-state index contributed by atoms with van der Waals surface area (Å²) >= 11 is 0. The van der Waals surface area contributed by atoms with Crippen LogP contribution in [0.5, 0.6) is 0 Å². The maximum absolute atomic E-state index is 12.9. The van der Waals surface area contributed by atoms with Crippen molar-refractivity contribution in [2.75, 3.05) is 11.9 Å². The lowest BCUT2D eigenvalue weighted by Crippen LogP contribution is -2.35. The Morgan fingerprint density at radius 2 is 2.44 bits per heavy atom. The number of carbonyl (C=O) groups is 1. The van der Waals surface area contributed by atoms with E-state index < -0.39 is 12.2 Å². The summed E-state index contributed by atoms with van der Waals surface area (Å²) in [5.41, 5.74) is 1.03. The predicted octanol–water partition coefficient (Wildman–Crippen LogP) is 1.03. The second kappa shape index (κ2) is 4.57. The number of carbonyl (C=O) groups excluding carboxylic acids is 1. The monoisotopic (exact) mass is 223 g/mol. The molecule has 2 N–H and O–H groups in total. The molecule has 1 aliphatic rings. The summed E-state index contributed by atoms with van der Waals surface area (Å²) in [6.45, 7) is 2.17. The van der Waals surface area contributed by atoms with E-state index in [4.69, 9.17) is 0 Å². The molecule has 0 aliphatic carbocycles. The second-order valence-electron chi connectivity index (χ2n) is 4.00. The van der Waals surface area contributed by atoms with Gasteiger partial charge in [-0.05, 0) is 18.6 Å². The van der Waals surface area contributed by atoms with Crippen molar-refractivity contribution in [3.05, 3.63) is 23.9 Å². The molecule has 0 bridgehead atoms. The van der Waals surface area contributed by atoms with Crippen LogP contribution < -0.4 is 10.6 Å². The van der Waals surface area contributed by atoms with E-state index in [9.17, 15) is 9.18 Å². The molecule has 1 amide bonds. The van der Waals surface area contributed by atoms with E-state index in [1.807, 2.05) is 13.0 Å². The largest absolute Gasteiger partial charge is 0.309 e. The van der Waals surface area contributed by atoms with Gasteiger partial charge < -0.3 is 10.6 Å². The number of amides is 1. The number of aromatic nitrogens is 1. The molecule has 0 radical (unpaired) electrons. The number of alkyl halides is 1. The van der Waals surface area contributed by atoms with Crippen molar-refractivity contribution in [1.82, 2.24) is 10.3 Å². The first-order valence-corrected chi connectivity index (χ1v) is 5.26. The van der Waals surface area contributed by atoms with Gasteiger partial charge in [-0.3, -0.25) is 4.79 Å². The highest BCUT2D eigenvalue weighted by molar-refractivity contribution is 5.94. The average molecular weight is 223 g/mol. The van der Waals surface area contributed by atoms with Crippen LogP contribution in [0.2, 0.25) is 0 Å². The van der Waals surface area contributed by atoms with Gasteiger partial charge in [-0.1, -0.05) is 6.07 Å². The van der Waals surface area contributed by atoms with Gasteiger partial charge in [-0.15, -0.1) is 0 Å². The first-order chi connectivity index (χ1) is 7.65. The van der Waals surface area contributed by atoms with Crippen molar-refractivity contribution >= 4 is 11.7 Å². The summed E-state index contributed by atoms with van der Waals surface area (Å²) < 4.78 is 12.9. The zero-order chi connectivity index (χ0) is 11.5. The van der Waals surface area contributed by atoms with Crippen LogP contribution in [-0.2, 0) is 4.79 Å². The number of nitrogens with zero attached hydrogens (tertiary/aromatic N) is 1. The summed E-state index contributed by atoms with van der Waals surface area (Å²) in [5, 5.41) is 5.48. The van der Waals surface area contributed by atoms with Crippen LogP contribution in [0.4, 0.5) is 10.2 Å². The molecule has 1 aliphatic heterocycles. The van der Waals surface area contributed by atoms with Crippen molar-refractivity contribution in [3.63, 3.8) is 0 Å². The van der Waals surface area contributed by atoms with Crippen LogP contribution in [-0.4, -0.2) is 29.6 Å². The molecule has 2 rings (SSSR count). The van der Waals surface area contributed by atoms with Gasteiger partial charge in [-0.2, -0.15) is 0 Å². The van der Waals surface area contributed by atoms with E-state index in [0.29, 0.717) is 5.82 Å². The first kappa shape index (κ1) is 11.0. The Balaban J connectivity index is 1.94. The van der Waals surface area contributed by atoms with Crippen molar-refractivity contribution in [2.24, 2.45) is 0 Å². The van der Waals surface area contributed by atoms with Crippen LogP contribution in [0.15, 0.2) is 18.3 Å². The summed E-state index contributed by atoms with van der Waals surface area (Å²) in [4.78, 5) is 15.7. The number of hydrogen-bond donors (Lipinski definition) is 2. The fourth-order valence-corrected chi connectivity index (χ4v) is 1.65. The summed E-state index contributed by atoms with van der Waals surface area (Å²) in [7, 11) is 0. The standard InChI is InChI=1S/C11H14FN3O/c1-7-2-3-10(14-5-7)15-11(16)9-4-8(12)6-13-9/h2-3,5,8-9,13H,4,6H2,1H3,(H,14,15,16)/t8?,9-/m1/s1. The summed E-state index contributed by atoms with van der Waals surface area (Å²) in [5.74, 6) is 0.274. The van der Waals surface area contributed by atoms with E-state index in [0.717, 1.165) is 5.56 Å². The molecule has 5 heteroatoms. The molecule has 1 saturated heterocycles. The van der Waals surface area contributed by atoms with Gasteiger partial charge in [-0.25, -0.2) is 9.37 Å². The minimum absolute atomic E-state index is 0.225. The molecule has 0 saturated carbocycles. The van der Waals surface area contributed by atoms with Gasteiger partial charge in [0.25, 0.3) is 0 Å². The fraction of sp³-hybridized carbons (Fsp3) is 0.455. The number of nitrogens with one attached hydrogen (secondary N) is 2. The molecule has 1 aromatic rings. The van der Waals surface area contributed by atoms with E-state index in [1.54, 1.807) is 12.3 Å². The second-order valence-corrected chi connectivity index (χ2v) is 4.00. The van der Waals surface area contributed by atoms with Crippen molar-refractivity contribution < 1.29 is 9.18 Å². The van der Waals surface area contributed by atoms with Crippen LogP contribution in [0.3, 0.4) is 0 Å². The van der Waals surface area contributed by atoms with Gasteiger partial charge in [0, 0.05) is 19.2 Å². The molecule has 2 heterocycles. The maximum Gasteiger partial charge on any atom is 0.242 e. The first-order valence-electron chi connectivity index (χ1n) is 5.26. The van der Waals surface area contributed by atoms with Gasteiger partial charge >= 0.3 is 0 Å². The van der Waals surface area contributed by atoms with Crippen molar-refractivity contribution in [2.45, 2.75) is 25.6 Å². The van der Waals surface area contributed by atoms with E-state index >= 15 is 0 Å². The fourth-order valence-electron chi connectivity index (χ4n) is 1.65. The SMILES string of the molecule is Cc1ccc(NC(=O)[C@H]2CC(F)CN2)nc1. The molecule has 1 fully saturated rings. The van der Waals surface area contributed by atoms with Gasteiger partial charge in [0.2, 0.25) is 5.91 Å². The van der Waals surface area contributed by atoms with Crippen LogP contribution in [0, 0.1) is 6.92 Å². The Bertz CT molecular complexity index is 379. The number of halogens is 1. The Kier molecular flexibility index (Phi) is 3.14. The molecule has 16 heavy (non-hydrogen) atoms. The van der Waals surface area contributed by atoms with E-state index in [2.05, 4.69) is 15.6 Å². The van der Waals surface area contributed by atoms with Crippen LogP contribution in [0.1, 0.15) is 12.0 Å². The molecule has 4 nitrogen and oxygen atoms in total. The molecular weight excluding hydrogens is 209 g/mol. The molecule has 86 valence electrons. The smallest absolute Gasteiger partial charge is 0.242 e. The lowest BCUT2D eigenvalue weighted by molar-refractivity contribution is -0.117. The molecular formula is C11H14FN3O. The van der Waals surface area contributed by atoms with Gasteiger partial charge in [0.05, 0.1) is 6.04 Å². The topological polar surface area (TPSA) is 54.0 Å². The summed E-state index contributed by atoms with van der Waals surface area (Å²) in [6, 6.07) is 3.15. The van der Waals surface area contributed by atoms with Gasteiger partial charge in [0.15, 0.2) is 0 Å². The quantitative estimate of drug-likeness (QED) is 0.787. The third-order valence-electron chi connectivity index (χ3n) is 2.56. The van der Waals surface area contributed by atoms with E-state index in [-0.39, 0.29) is 18.9 Å². The zero-order valence-electron chi connectivity index (χ0n) is 9.03. The van der Waals surface area contributed by atoms with Crippen LogP contribution in [0.25, 0.3) is 0 Å². The lowest BCUT2D eigenvalue weighted by atomic mass is 10.2. The molecule has 0 aromatic carbocycles. The highest BCUT2D eigenvalue weighted by atomic mass is 19.1. The third-order valence-corrected chi connectivity index (χ3v) is 2.56.